The Balaban J connectivity index is 1.52. The standard InChI is InChI=1S/C23H31N3O3S/c1-16-9-11-17(12-10-16)25(2)21(27)15-30-23-24-20-8-4-3-7-19(20)22(28)26(23)14-18-6-5-13-29-18/h3-4,7-8,16-18H,5-6,9-15H2,1-2H3. The molecular weight excluding hydrogens is 398 g/mol. The molecule has 0 spiro atoms. The molecule has 1 unspecified atom stereocenters. The van der Waals surface area contributed by atoms with Gasteiger partial charge in [0.1, 0.15) is 0 Å². The first-order valence-corrected chi connectivity index (χ1v) is 12.0. The van der Waals surface area contributed by atoms with Gasteiger partial charge in [0.05, 0.1) is 29.3 Å². The van der Waals surface area contributed by atoms with E-state index in [9.17, 15) is 9.59 Å². The molecule has 1 aliphatic heterocycles. The molecule has 2 aliphatic rings. The molecule has 0 radical (unpaired) electrons. The molecule has 4 rings (SSSR count). The van der Waals surface area contributed by atoms with Crippen LogP contribution in [0.3, 0.4) is 0 Å². The van der Waals surface area contributed by atoms with Crippen LogP contribution in [-0.2, 0) is 16.1 Å². The van der Waals surface area contributed by atoms with Gasteiger partial charge in [-0.1, -0.05) is 30.8 Å². The number of thioether (sulfide) groups is 1. The van der Waals surface area contributed by atoms with E-state index in [4.69, 9.17) is 9.72 Å². The summed E-state index contributed by atoms with van der Waals surface area (Å²) in [4.78, 5) is 32.7. The van der Waals surface area contributed by atoms with Crippen LogP contribution in [0.4, 0.5) is 0 Å². The van der Waals surface area contributed by atoms with Crippen molar-refractivity contribution in [3.8, 4) is 0 Å². The van der Waals surface area contributed by atoms with Crippen LogP contribution in [0.5, 0.6) is 0 Å². The highest BCUT2D eigenvalue weighted by Crippen LogP contribution is 2.27. The Morgan fingerprint density at radius 2 is 2.00 bits per heavy atom. The van der Waals surface area contributed by atoms with E-state index in [1.807, 2.05) is 36.2 Å². The molecule has 1 aromatic heterocycles. The second-order valence-corrected chi connectivity index (χ2v) is 9.61. The van der Waals surface area contributed by atoms with Crippen LogP contribution in [-0.4, -0.2) is 51.9 Å². The lowest BCUT2D eigenvalue weighted by Crippen LogP contribution is -2.40. The van der Waals surface area contributed by atoms with E-state index >= 15 is 0 Å². The maximum absolute atomic E-state index is 13.2. The Kier molecular flexibility index (Phi) is 6.78. The van der Waals surface area contributed by atoms with E-state index in [0.29, 0.717) is 34.4 Å². The van der Waals surface area contributed by atoms with E-state index in [-0.39, 0.29) is 17.6 Å². The second kappa shape index (κ2) is 9.52. The van der Waals surface area contributed by atoms with Gasteiger partial charge in [-0.05, 0) is 56.6 Å². The van der Waals surface area contributed by atoms with E-state index in [1.165, 1.54) is 24.6 Å². The van der Waals surface area contributed by atoms with Crippen LogP contribution in [0.1, 0.15) is 45.4 Å². The molecule has 30 heavy (non-hydrogen) atoms. The van der Waals surface area contributed by atoms with Crippen molar-refractivity contribution < 1.29 is 9.53 Å². The van der Waals surface area contributed by atoms with Crippen molar-refractivity contribution in [2.45, 2.75) is 69.3 Å². The van der Waals surface area contributed by atoms with Gasteiger partial charge in [0.25, 0.3) is 5.56 Å². The molecule has 1 atom stereocenters. The minimum Gasteiger partial charge on any atom is -0.376 e. The van der Waals surface area contributed by atoms with Gasteiger partial charge in [-0.25, -0.2) is 4.98 Å². The van der Waals surface area contributed by atoms with E-state index in [0.717, 1.165) is 38.2 Å². The zero-order valence-electron chi connectivity index (χ0n) is 17.9. The van der Waals surface area contributed by atoms with Crippen LogP contribution < -0.4 is 5.56 Å². The first-order valence-electron chi connectivity index (χ1n) is 11.0. The monoisotopic (exact) mass is 429 g/mol. The smallest absolute Gasteiger partial charge is 0.262 e. The molecule has 2 fully saturated rings. The second-order valence-electron chi connectivity index (χ2n) is 8.67. The summed E-state index contributed by atoms with van der Waals surface area (Å²) >= 11 is 1.37. The zero-order chi connectivity index (χ0) is 21.1. The number of nitrogens with zero attached hydrogens (tertiary/aromatic N) is 3. The molecular formula is C23H31N3O3S. The molecule has 0 bridgehead atoms. The third-order valence-electron chi connectivity index (χ3n) is 6.49. The average molecular weight is 430 g/mol. The molecule has 1 saturated heterocycles. The lowest BCUT2D eigenvalue weighted by atomic mass is 9.87. The summed E-state index contributed by atoms with van der Waals surface area (Å²) in [6.45, 7) is 3.52. The number of carbonyl (C=O) groups is 1. The Morgan fingerprint density at radius 1 is 1.23 bits per heavy atom. The Morgan fingerprint density at radius 3 is 2.73 bits per heavy atom. The van der Waals surface area contributed by atoms with Crippen LogP contribution in [0.2, 0.25) is 0 Å². The molecule has 162 valence electrons. The number of para-hydroxylation sites is 1. The summed E-state index contributed by atoms with van der Waals surface area (Å²) in [5.74, 6) is 1.15. The van der Waals surface area contributed by atoms with Gasteiger partial charge in [0, 0.05) is 19.7 Å². The third kappa shape index (κ3) is 4.72. The van der Waals surface area contributed by atoms with Crippen molar-refractivity contribution in [1.82, 2.24) is 14.5 Å². The van der Waals surface area contributed by atoms with Gasteiger partial charge in [-0.15, -0.1) is 0 Å². The van der Waals surface area contributed by atoms with Crippen molar-refractivity contribution in [2.75, 3.05) is 19.4 Å². The van der Waals surface area contributed by atoms with Crippen LogP contribution in [0, 0.1) is 5.92 Å². The molecule has 1 aromatic carbocycles. The highest BCUT2D eigenvalue weighted by molar-refractivity contribution is 7.99. The minimum atomic E-state index is -0.0549. The molecule has 1 aliphatic carbocycles. The lowest BCUT2D eigenvalue weighted by Gasteiger charge is -2.33. The van der Waals surface area contributed by atoms with Crippen molar-refractivity contribution in [1.29, 1.82) is 0 Å². The van der Waals surface area contributed by atoms with Crippen LogP contribution in [0.25, 0.3) is 10.9 Å². The van der Waals surface area contributed by atoms with Crippen molar-refractivity contribution in [2.24, 2.45) is 5.92 Å². The number of aromatic nitrogens is 2. The number of benzene rings is 1. The predicted octanol–water partition coefficient (Wildman–Crippen LogP) is 3.70. The molecule has 2 heterocycles. The SMILES string of the molecule is CC1CCC(N(C)C(=O)CSc2nc3ccccc3c(=O)n2CC2CCCO2)CC1. The fraction of sp³-hybridized carbons (Fsp3) is 0.609. The average Bonchev–Trinajstić information content (AvgIpc) is 3.27. The lowest BCUT2D eigenvalue weighted by molar-refractivity contribution is -0.129. The van der Waals surface area contributed by atoms with Gasteiger partial charge >= 0.3 is 0 Å². The molecule has 1 amide bonds. The van der Waals surface area contributed by atoms with E-state index in [2.05, 4.69) is 6.92 Å². The van der Waals surface area contributed by atoms with E-state index < -0.39 is 0 Å². The summed E-state index contributed by atoms with van der Waals surface area (Å²) in [5.41, 5.74) is 0.622. The molecule has 6 nitrogen and oxygen atoms in total. The summed E-state index contributed by atoms with van der Waals surface area (Å²) in [5, 5.41) is 1.22. The third-order valence-corrected chi connectivity index (χ3v) is 7.45. The Bertz CT molecular complexity index is 946. The largest absolute Gasteiger partial charge is 0.376 e. The summed E-state index contributed by atoms with van der Waals surface area (Å²) in [7, 11) is 1.91. The summed E-state index contributed by atoms with van der Waals surface area (Å²) in [6.07, 6.45) is 6.52. The zero-order valence-corrected chi connectivity index (χ0v) is 18.7. The fourth-order valence-electron chi connectivity index (χ4n) is 4.47. The topological polar surface area (TPSA) is 64.4 Å². The van der Waals surface area contributed by atoms with Crippen molar-refractivity contribution in [3.05, 3.63) is 34.6 Å². The highest BCUT2D eigenvalue weighted by atomic mass is 32.2. The van der Waals surface area contributed by atoms with E-state index in [1.54, 1.807) is 4.57 Å². The fourth-order valence-corrected chi connectivity index (χ4v) is 5.40. The molecule has 0 N–H and O–H groups in total. The van der Waals surface area contributed by atoms with Crippen LogP contribution >= 0.6 is 11.8 Å². The number of hydrogen-bond donors (Lipinski definition) is 0. The first-order chi connectivity index (χ1) is 14.5. The molecule has 1 saturated carbocycles. The van der Waals surface area contributed by atoms with Crippen molar-refractivity contribution >= 4 is 28.6 Å². The predicted molar refractivity (Wildman–Crippen MR) is 120 cm³/mol. The summed E-state index contributed by atoms with van der Waals surface area (Å²) < 4.78 is 7.47. The maximum Gasteiger partial charge on any atom is 0.262 e. The van der Waals surface area contributed by atoms with Gasteiger partial charge in [-0.2, -0.15) is 0 Å². The number of carbonyl (C=O) groups excluding carboxylic acids is 1. The maximum atomic E-state index is 13.2. The molecule has 7 heteroatoms. The van der Waals surface area contributed by atoms with Crippen LogP contribution in [0.15, 0.2) is 34.2 Å². The number of amides is 1. The van der Waals surface area contributed by atoms with Gasteiger partial charge in [0.2, 0.25) is 5.91 Å². The van der Waals surface area contributed by atoms with Crippen molar-refractivity contribution in [3.63, 3.8) is 0 Å². The molecule has 2 aromatic rings. The Labute approximate surface area is 182 Å². The van der Waals surface area contributed by atoms with Gasteiger partial charge < -0.3 is 9.64 Å². The number of fused-ring (bicyclic) bond motifs is 1. The summed E-state index contributed by atoms with van der Waals surface area (Å²) in [6, 6.07) is 7.74. The number of hydrogen-bond acceptors (Lipinski definition) is 5. The Hall–Kier alpha value is -1.86. The highest BCUT2D eigenvalue weighted by Gasteiger charge is 2.26. The normalized spacial score (nSPS) is 24.3. The first kappa shape index (κ1) is 21.4. The number of rotatable bonds is 6. The minimum absolute atomic E-state index is 0.0348. The quantitative estimate of drug-likeness (QED) is 0.517. The van der Waals surface area contributed by atoms with Gasteiger partial charge in [0.15, 0.2) is 5.16 Å². The van der Waals surface area contributed by atoms with Gasteiger partial charge in [-0.3, -0.25) is 14.2 Å². The number of ether oxygens (including phenoxy) is 1.